The molecular weight excluding hydrogens is 313 g/mol. The number of rotatable bonds is 0. The Morgan fingerprint density at radius 2 is 2.23 bits per heavy atom. The van der Waals surface area contributed by atoms with Crippen molar-refractivity contribution in [3.05, 3.63) is 30.9 Å². The van der Waals surface area contributed by atoms with Crippen molar-refractivity contribution in [1.82, 2.24) is 5.32 Å². The molecule has 2 aliphatic rings. The summed E-state index contributed by atoms with van der Waals surface area (Å²) in [5.41, 5.74) is 1.19. The van der Waals surface area contributed by atoms with Crippen LogP contribution in [0.1, 0.15) is 0 Å². The fourth-order valence-electron chi connectivity index (χ4n) is 1.09. The van der Waals surface area contributed by atoms with Crippen molar-refractivity contribution in [2.24, 2.45) is 0 Å². The molecule has 0 saturated carbocycles. The van der Waals surface area contributed by atoms with Crippen molar-refractivity contribution in [3.8, 4) is 0 Å². The molecule has 2 heterocycles. The zero-order valence-electron chi connectivity index (χ0n) is 7.21. The van der Waals surface area contributed by atoms with E-state index in [1.54, 1.807) is 0 Å². The summed E-state index contributed by atoms with van der Waals surface area (Å²) in [5, 5.41) is 3.26. The van der Waals surface area contributed by atoms with E-state index in [0.29, 0.717) is 0 Å². The number of allylic oxidation sites excluding steroid dienone is 2. The van der Waals surface area contributed by atoms with Gasteiger partial charge in [0.1, 0.15) is 0 Å². The molecule has 0 radical (unpaired) electrons. The summed E-state index contributed by atoms with van der Waals surface area (Å²) in [6.45, 7) is 0. The first-order chi connectivity index (χ1) is 6.25. The van der Waals surface area contributed by atoms with Crippen molar-refractivity contribution in [1.29, 1.82) is 0 Å². The summed E-state index contributed by atoms with van der Waals surface area (Å²) < 4.78 is 4.70. The van der Waals surface area contributed by atoms with Crippen LogP contribution < -0.4 is 5.32 Å². The summed E-state index contributed by atoms with van der Waals surface area (Å²) >= 11 is 6.07. The fourth-order valence-corrected chi connectivity index (χ4v) is 4.51. The van der Waals surface area contributed by atoms with Crippen LogP contribution in [0.4, 0.5) is 0 Å². The standard InChI is InChI=1S/C9H10INS2/c1-10-4-2-7-8(3-5-10)13-6-9(12)11-7/h2-5H,6H2,1H3,(H,11,12). The molecule has 0 aromatic carbocycles. The van der Waals surface area contributed by atoms with Crippen LogP contribution in [0.2, 0.25) is 0 Å². The van der Waals surface area contributed by atoms with E-state index in [0.717, 1.165) is 10.7 Å². The predicted octanol–water partition coefficient (Wildman–Crippen LogP) is 3.04. The molecule has 2 rings (SSSR count). The predicted molar refractivity (Wildman–Crippen MR) is 73.4 cm³/mol. The average Bonchev–Trinajstić information content (AvgIpc) is 2.29. The molecule has 0 aliphatic carbocycles. The first-order valence-corrected chi connectivity index (χ1v) is 9.90. The molecule has 0 aromatic rings. The molecule has 0 spiro atoms. The molecule has 70 valence electrons. The van der Waals surface area contributed by atoms with Crippen LogP contribution in [0.15, 0.2) is 30.9 Å². The molecule has 0 atom stereocenters. The average molecular weight is 323 g/mol. The Labute approximate surface area is 95.1 Å². The van der Waals surface area contributed by atoms with E-state index < -0.39 is 19.8 Å². The van der Waals surface area contributed by atoms with Gasteiger partial charge < -0.3 is 0 Å². The van der Waals surface area contributed by atoms with Gasteiger partial charge in [-0.3, -0.25) is 0 Å². The Morgan fingerprint density at radius 1 is 1.46 bits per heavy atom. The van der Waals surface area contributed by atoms with Crippen LogP contribution in [-0.2, 0) is 0 Å². The van der Waals surface area contributed by atoms with Gasteiger partial charge in [-0.05, 0) is 0 Å². The monoisotopic (exact) mass is 323 g/mol. The number of hydrogen-bond acceptors (Lipinski definition) is 2. The van der Waals surface area contributed by atoms with Crippen molar-refractivity contribution < 1.29 is 0 Å². The Hall–Kier alpha value is 0.190. The van der Waals surface area contributed by atoms with Crippen LogP contribution in [0, 0.1) is 0 Å². The maximum atomic E-state index is 5.14. The zero-order valence-corrected chi connectivity index (χ0v) is 11.0. The summed E-state index contributed by atoms with van der Waals surface area (Å²) in [7, 11) is 0. The second-order valence-corrected chi connectivity index (χ2v) is 8.92. The maximum absolute atomic E-state index is 5.14. The topological polar surface area (TPSA) is 12.0 Å². The summed E-state index contributed by atoms with van der Waals surface area (Å²) in [6, 6.07) is 0. The van der Waals surface area contributed by atoms with E-state index in [1.807, 2.05) is 11.8 Å². The van der Waals surface area contributed by atoms with E-state index in [2.05, 4.69) is 30.6 Å². The van der Waals surface area contributed by atoms with E-state index in [4.69, 9.17) is 12.2 Å². The van der Waals surface area contributed by atoms with Gasteiger partial charge in [0.15, 0.2) is 0 Å². The van der Waals surface area contributed by atoms with Crippen LogP contribution in [0.3, 0.4) is 0 Å². The minimum atomic E-state index is -0.897. The number of hydrogen-bond donors (Lipinski definition) is 1. The van der Waals surface area contributed by atoms with E-state index in [-0.39, 0.29) is 0 Å². The Balaban J connectivity index is 2.31. The van der Waals surface area contributed by atoms with Gasteiger partial charge in [0, 0.05) is 0 Å². The van der Waals surface area contributed by atoms with Crippen LogP contribution in [0.5, 0.6) is 0 Å². The third-order valence-electron chi connectivity index (χ3n) is 1.74. The van der Waals surface area contributed by atoms with Crippen LogP contribution >= 0.6 is 43.8 Å². The Morgan fingerprint density at radius 3 is 3.08 bits per heavy atom. The van der Waals surface area contributed by atoms with Gasteiger partial charge in [-0.1, -0.05) is 0 Å². The van der Waals surface area contributed by atoms with Crippen molar-refractivity contribution in [2.45, 2.75) is 0 Å². The number of nitrogens with one attached hydrogen (secondary N) is 1. The van der Waals surface area contributed by atoms with Gasteiger partial charge in [-0.15, -0.1) is 0 Å². The minimum absolute atomic E-state index is 0.897. The second kappa shape index (κ2) is 4.14. The summed E-state index contributed by atoms with van der Waals surface area (Å²) in [6.07, 6.45) is 4.44. The number of thioether (sulfide) groups is 1. The first-order valence-electron chi connectivity index (χ1n) is 3.86. The van der Waals surface area contributed by atoms with Gasteiger partial charge in [-0.2, -0.15) is 0 Å². The number of alkyl halides is 1. The van der Waals surface area contributed by atoms with E-state index in [9.17, 15) is 0 Å². The van der Waals surface area contributed by atoms with Crippen molar-refractivity contribution in [3.63, 3.8) is 0 Å². The molecule has 0 unspecified atom stereocenters. The molecule has 1 N–H and O–H groups in total. The molecule has 0 amide bonds. The fraction of sp³-hybridized carbons (Fsp3) is 0.222. The van der Waals surface area contributed by atoms with Gasteiger partial charge in [0.2, 0.25) is 0 Å². The Bertz CT molecular complexity index is 331. The molecule has 4 heteroatoms. The molecule has 0 bridgehead atoms. The second-order valence-electron chi connectivity index (χ2n) is 2.76. The summed E-state index contributed by atoms with van der Waals surface area (Å²) in [4.78, 5) is 4.62. The molecule has 13 heavy (non-hydrogen) atoms. The molecule has 0 aromatic heterocycles. The van der Waals surface area contributed by atoms with E-state index in [1.165, 1.54) is 10.6 Å². The van der Waals surface area contributed by atoms with Gasteiger partial charge >= 0.3 is 95.7 Å². The van der Waals surface area contributed by atoms with Crippen LogP contribution in [-0.4, -0.2) is 15.7 Å². The summed E-state index contributed by atoms with van der Waals surface area (Å²) in [5.74, 6) is 0.921. The van der Waals surface area contributed by atoms with Crippen molar-refractivity contribution >= 4 is 48.8 Å². The number of thiocarbonyl (C=S) groups is 1. The molecule has 1 nitrogen and oxygen atoms in total. The van der Waals surface area contributed by atoms with E-state index >= 15 is 0 Å². The van der Waals surface area contributed by atoms with Gasteiger partial charge in [-0.25, -0.2) is 0 Å². The number of halogens is 1. The van der Waals surface area contributed by atoms with Crippen LogP contribution in [0.25, 0.3) is 0 Å². The van der Waals surface area contributed by atoms with Gasteiger partial charge in [0.25, 0.3) is 0 Å². The molecular formula is C9H10INS2. The third kappa shape index (κ3) is 2.35. The molecule has 0 fully saturated rings. The first kappa shape index (κ1) is 9.73. The normalized spacial score (nSPS) is 24.1. The Kier molecular flexibility index (Phi) is 3.10. The molecule has 2 aliphatic heterocycles. The van der Waals surface area contributed by atoms with Crippen molar-refractivity contribution in [2.75, 3.05) is 10.7 Å². The molecule has 0 saturated heterocycles. The van der Waals surface area contributed by atoms with Gasteiger partial charge in [0.05, 0.1) is 0 Å². The third-order valence-corrected chi connectivity index (χ3v) is 6.26. The zero-order chi connectivity index (χ0) is 9.26. The SMILES string of the molecule is CI1C=CC2=C(C=C1)SCC(=S)N2. The quantitative estimate of drug-likeness (QED) is 0.418.